The Kier molecular flexibility index (Phi) is 5.76. The highest BCUT2D eigenvalue weighted by Gasteiger charge is 2.38. The van der Waals surface area contributed by atoms with Crippen molar-refractivity contribution >= 4 is 15.8 Å². The molecule has 1 aliphatic rings. The molecule has 0 heterocycles. The van der Waals surface area contributed by atoms with Crippen LogP contribution >= 0.6 is 0 Å². The number of sulfone groups is 1. The first-order valence-corrected chi connectivity index (χ1v) is 8.46. The number of likely N-dealkylation sites (N-methyl/N-ethyl adjacent to an activating group) is 1. The summed E-state index contributed by atoms with van der Waals surface area (Å²) in [6, 6.07) is -0.161. The maximum Gasteiger partial charge on any atom is 0.317 e. The number of hydrogen-bond donors (Lipinski definition) is 1. The lowest BCUT2D eigenvalue weighted by molar-refractivity contribution is -0.138. The van der Waals surface area contributed by atoms with Gasteiger partial charge in [0.05, 0.1) is 11.8 Å². The molecule has 1 saturated carbocycles. The van der Waals surface area contributed by atoms with Crippen LogP contribution in [0, 0.1) is 0 Å². The molecule has 1 fully saturated rings. The highest BCUT2D eigenvalue weighted by Crippen LogP contribution is 2.29. The fourth-order valence-electron chi connectivity index (χ4n) is 2.69. The van der Waals surface area contributed by atoms with Gasteiger partial charge in [0.15, 0.2) is 9.84 Å². The number of hydrogen-bond acceptors (Lipinski definition) is 5. The van der Waals surface area contributed by atoms with Gasteiger partial charge in [0.25, 0.3) is 0 Å². The maximum absolute atomic E-state index is 11.8. The third-order valence-corrected chi connectivity index (χ3v) is 5.26. The Morgan fingerprint density at radius 1 is 1.26 bits per heavy atom. The molecule has 6 nitrogen and oxygen atoms in total. The van der Waals surface area contributed by atoms with Crippen LogP contribution in [0.5, 0.6) is 0 Å². The second-order valence-corrected chi connectivity index (χ2v) is 7.80. The van der Waals surface area contributed by atoms with Crippen molar-refractivity contribution < 1.29 is 18.3 Å². The minimum absolute atomic E-state index is 0.0927. The lowest BCUT2D eigenvalue weighted by Gasteiger charge is -2.31. The van der Waals surface area contributed by atoms with Gasteiger partial charge in [-0.2, -0.15) is 0 Å². The van der Waals surface area contributed by atoms with Gasteiger partial charge in [-0.05, 0) is 26.9 Å². The molecule has 0 saturated heterocycles. The number of nitrogens with zero attached hydrogens (tertiary/aromatic N) is 2. The zero-order chi connectivity index (χ0) is 14.6. The van der Waals surface area contributed by atoms with Crippen molar-refractivity contribution in [3.8, 4) is 0 Å². The molecule has 0 amide bonds. The van der Waals surface area contributed by atoms with Crippen molar-refractivity contribution in [1.29, 1.82) is 0 Å². The number of carboxylic acid groups (broad SMARTS) is 1. The van der Waals surface area contributed by atoms with Gasteiger partial charge in [0, 0.05) is 25.4 Å². The highest BCUT2D eigenvalue weighted by molar-refractivity contribution is 7.91. The van der Waals surface area contributed by atoms with Crippen molar-refractivity contribution in [2.24, 2.45) is 0 Å². The predicted molar refractivity (Wildman–Crippen MR) is 74.0 cm³/mol. The predicted octanol–water partition coefficient (Wildman–Crippen LogP) is -0.0997. The van der Waals surface area contributed by atoms with E-state index in [-0.39, 0.29) is 12.6 Å². The Bertz CT molecular complexity index is 408. The molecule has 0 aromatic heterocycles. The van der Waals surface area contributed by atoms with Crippen LogP contribution < -0.4 is 0 Å². The molecule has 0 aromatic rings. The molecule has 0 bridgehead atoms. The summed E-state index contributed by atoms with van der Waals surface area (Å²) >= 11 is 0. The third kappa shape index (κ3) is 5.08. The summed E-state index contributed by atoms with van der Waals surface area (Å²) in [5.74, 6) is -0.905. The monoisotopic (exact) mass is 292 g/mol. The standard InChI is InChI=1S/C12H24N2O4S/c1-13(2)7-8-14(9-12(15)16)10-5-4-6-11(10)19(3,17)18/h10-11H,4-9H2,1-3H3,(H,15,16). The minimum atomic E-state index is -3.12. The molecule has 112 valence electrons. The molecule has 1 N–H and O–H groups in total. The first-order valence-electron chi connectivity index (χ1n) is 6.51. The van der Waals surface area contributed by atoms with E-state index in [1.165, 1.54) is 6.26 Å². The molecule has 19 heavy (non-hydrogen) atoms. The van der Waals surface area contributed by atoms with E-state index in [2.05, 4.69) is 0 Å². The summed E-state index contributed by atoms with van der Waals surface area (Å²) in [6.07, 6.45) is 3.50. The first kappa shape index (κ1) is 16.4. The molecular formula is C12H24N2O4S. The SMILES string of the molecule is CN(C)CCN(CC(=O)O)C1CCCC1S(C)(=O)=O. The zero-order valence-electron chi connectivity index (χ0n) is 11.9. The molecule has 1 rings (SSSR count). The van der Waals surface area contributed by atoms with E-state index < -0.39 is 21.1 Å². The van der Waals surface area contributed by atoms with Crippen LogP contribution in [0.15, 0.2) is 0 Å². The molecular weight excluding hydrogens is 268 g/mol. The van der Waals surface area contributed by atoms with Crippen molar-refractivity contribution in [1.82, 2.24) is 9.80 Å². The van der Waals surface area contributed by atoms with Gasteiger partial charge in [-0.1, -0.05) is 6.42 Å². The fourth-order valence-corrected chi connectivity index (χ4v) is 4.16. The molecule has 0 spiro atoms. The average molecular weight is 292 g/mol. The Hall–Kier alpha value is -0.660. The van der Waals surface area contributed by atoms with Gasteiger partial charge < -0.3 is 10.0 Å². The van der Waals surface area contributed by atoms with Gasteiger partial charge in [0.1, 0.15) is 0 Å². The van der Waals surface area contributed by atoms with E-state index in [0.717, 1.165) is 19.4 Å². The minimum Gasteiger partial charge on any atom is -0.480 e. The second-order valence-electron chi connectivity index (χ2n) is 5.53. The van der Waals surface area contributed by atoms with Crippen LogP contribution in [-0.2, 0) is 14.6 Å². The maximum atomic E-state index is 11.8. The van der Waals surface area contributed by atoms with Crippen LogP contribution in [0.1, 0.15) is 19.3 Å². The van der Waals surface area contributed by atoms with Crippen LogP contribution in [0.4, 0.5) is 0 Å². The summed E-state index contributed by atoms with van der Waals surface area (Å²) in [5, 5.41) is 8.57. The van der Waals surface area contributed by atoms with Gasteiger partial charge in [-0.25, -0.2) is 8.42 Å². The van der Waals surface area contributed by atoms with Gasteiger partial charge >= 0.3 is 5.97 Å². The Labute approximate surface area is 115 Å². The normalized spacial score (nSPS) is 24.3. The van der Waals surface area contributed by atoms with E-state index in [0.29, 0.717) is 13.0 Å². The summed E-state index contributed by atoms with van der Waals surface area (Å²) < 4.78 is 23.6. The molecule has 7 heteroatoms. The summed E-state index contributed by atoms with van der Waals surface area (Å²) in [5.41, 5.74) is 0. The Morgan fingerprint density at radius 3 is 2.37 bits per heavy atom. The quantitative estimate of drug-likeness (QED) is 0.706. The highest BCUT2D eigenvalue weighted by atomic mass is 32.2. The molecule has 2 unspecified atom stereocenters. The third-order valence-electron chi connectivity index (χ3n) is 3.61. The van der Waals surface area contributed by atoms with Crippen LogP contribution in [0.2, 0.25) is 0 Å². The molecule has 0 aliphatic heterocycles. The van der Waals surface area contributed by atoms with Gasteiger partial charge in [-0.3, -0.25) is 9.69 Å². The van der Waals surface area contributed by atoms with Crippen LogP contribution in [0.25, 0.3) is 0 Å². The first-order chi connectivity index (χ1) is 8.71. The summed E-state index contributed by atoms with van der Waals surface area (Å²) in [4.78, 5) is 14.7. The Balaban J connectivity index is 2.80. The van der Waals surface area contributed by atoms with Crippen LogP contribution in [0.3, 0.4) is 0 Å². The molecule has 0 radical (unpaired) electrons. The lowest BCUT2D eigenvalue weighted by atomic mass is 10.2. The summed E-state index contributed by atoms with van der Waals surface area (Å²) in [7, 11) is 0.717. The molecule has 2 atom stereocenters. The number of carbonyl (C=O) groups is 1. The van der Waals surface area contributed by atoms with Gasteiger partial charge in [0.2, 0.25) is 0 Å². The lowest BCUT2D eigenvalue weighted by Crippen LogP contribution is -2.48. The summed E-state index contributed by atoms with van der Waals surface area (Å²) in [6.45, 7) is 1.21. The average Bonchev–Trinajstić information content (AvgIpc) is 2.71. The van der Waals surface area contributed by atoms with Gasteiger partial charge in [-0.15, -0.1) is 0 Å². The largest absolute Gasteiger partial charge is 0.480 e. The number of carboxylic acids is 1. The topological polar surface area (TPSA) is 77.9 Å². The van der Waals surface area contributed by atoms with E-state index in [4.69, 9.17) is 5.11 Å². The second kappa shape index (κ2) is 6.67. The molecule has 1 aliphatic carbocycles. The Morgan fingerprint density at radius 2 is 1.89 bits per heavy atom. The number of aliphatic carboxylic acids is 1. The van der Waals surface area contributed by atoms with E-state index in [9.17, 15) is 13.2 Å². The van der Waals surface area contributed by atoms with Crippen molar-refractivity contribution in [3.63, 3.8) is 0 Å². The van der Waals surface area contributed by atoms with E-state index in [1.54, 1.807) is 4.90 Å². The number of rotatable bonds is 7. The zero-order valence-corrected chi connectivity index (χ0v) is 12.7. The smallest absolute Gasteiger partial charge is 0.317 e. The fraction of sp³-hybridized carbons (Fsp3) is 0.917. The van der Waals surface area contributed by atoms with E-state index >= 15 is 0 Å². The van der Waals surface area contributed by atoms with Crippen molar-refractivity contribution in [2.45, 2.75) is 30.6 Å². The van der Waals surface area contributed by atoms with Crippen LogP contribution in [-0.4, -0.2) is 80.6 Å². The van der Waals surface area contributed by atoms with Crippen molar-refractivity contribution in [2.75, 3.05) is 40.0 Å². The van der Waals surface area contributed by atoms with Crippen molar-refractivity contribution in [3.05, 3.63) is 0 Å². The molecule has 0 aromatic carbocycles. The van der Waals surface area contributed by atoms with E-state index in [1.807, 2.05) is 19.0 Å².